The van der Waals surface area contributed by atoms with E-state index in [1.54, 1.807) is 5.32 Å². The van der Waals surface area contributed by atoms with Gasteiger partial charge in [0.05, 0.1) is 37.3 Å². The standard InChI is InChI=1S/C12H10F3N5O3/c1-23-10(21)7-2-9(5-16-3-7)20-6-8(18-19-20)4-17-11(22)12(13,14)15/h2-3,5-6H,4H2,1H3,(H,17,22). The predicted octanol–water partition coefficient (Wildman–Crippen LogP) is 0.627. The molecule has 0 radical (unpaired) electrons. The van der Waals surface area contributed by atoms with Crippen LogP contribution >= 0.6 is 0 Å². The van der Waals surface area contributed by atoms with Gasteiger partial charge in [0, 0.05) is 6.20 Å². The predicted molar refractivity (Wildman–Crippen MR) is 68.4 cm³/mol. The first-order chi connectivity index (χ1) is 10.8. The van der Waals surface area contributed by atoms with Crippen molar-refractivity contribution in [3.05, 3.63) is 35.9 Å². The second-order valence-corrected chi connectivity index (χ2v) is 4.26. The molecule has 0 aliphatic heterocycles. The monoisotopic (exact) mass is 329 g/mol. The maximum atomic E-state index is 12.1. The summed E-state index contributed by atoms with van der Waals surface area (Å²) in [5.74, 6) is -2.67. The molecule has 0 aromatic carbocycles. The molecule has 0 fully saturated rings. The van der Waals surface area contributed by atoms with Gasteiger partial charge < -0.3 is 10.1 Å². The average molecular weight is 329 g/mol. The van der Waals surface area contributed by atoms with E-state index >= 15 is 0 Å². The number of rotatable bonds is 4. The molecule has 2 rings (SSSR count). The van der Waals surface area contributed by atoms with Crippen LogP contribution in [0.1, 0.15) is 16.1 Å². The molecule has 11 heteroatoms. The van der Waals surface area contributed by atoms with E-state index in [0.29, 0.717) is 5.69 Å². The maximum Gasteiger partial charge on any atom is 0.471 e. The van der Waals surface area contributed by atoms with Gasteiger partial charge in [-0.1, -0.05) is 5.21 Å². The van der Waals surface area contributed by atoms with Gasteiger partial charge in [-0.3, -0.25) is 9.78 Å². The zero-order valence-electron chi connectivity index (χ0n) is 11.7. The number of alkyl halides is 3. The van der Waals surface area contributed by atoms with E-state index in [0.717, 1.165) is 0 Å². The number of aromatic nitrogens is 4. The summed E-state index contributed by atoms with van der Waals surface area (Å²) < 4.78 is 42.0. The van der Waals surface area contributed by atoms with Gasteiger partial charge in [-0.2, -0.15) is 13.2 Å². The van der Waals surface area contributed by atoms with E-state index in [-0.39, 0.29) is 11.3 Å². The molecule has 0 spiro atoms. The molecule has 0 aliphatic rings. The summed E-state index contributed by atoms with van der Waals surface area (Å²) in [6.45, 7) is -0.442. The van der Waals surface area contributed by atoms with Crippen LogP contribution in [0.3, 0.4) is 0 Å². The maximum absolute atomic E-state index is 12.1. The lowest BCUT2D eigenvalue weighted by Crippen LogP contribution is -2.36. The van der Waals surface area contributed by atoms with Crippen LogP contribution in [0, 0.1) is 0 Å². The summed E-state index contributed by atoms with van der Waals surface area (Å²) in [5.41, 5.74) is 0.632. The van der Waals surface area contributed by atoms with E-state index in [2.05, 4.69) is 20.0 Å². The number of carbonyl (C=O) groups is 2. The van der Waals surface area contributed by atoms with E-state index in [4.69, 9.17) is 0 Å². The zero-order valence-corrected chi connectivity index (χ0v) is 11.7. The zero-order chi connectivity index (χ0) is 17.0. The molecular formula is C12H10F3N5O3. The fourth-order valence-corrected chi connectivity index (χ4v) is 1.56. The fourth-order valence-electron chi connectivity index (χ4n) is 1.56. The molecule has 0 atom stereocenters. The Labute approximate surface area is 127 Å². The number of hydrogen-bond donors (Lipinski definition) is 1. The molecule has 2 aromatic heterocycles. The summed E-state index contributed by atoms with van der Waals surface area (Å²) in [6, 6.07) is 1.42. The van der Waals surface area contributed by atoms with Crippen molar-refractivity contribution in [1.82, 2.24) is 25.3 Å². The Balaban J connectivity index is 2.10. The summed E-state index contributed by atoms with van der Waals surface area (Å²) >= 11 is 0. The molecule has 2 aromatic rings. The van der Waals surface area contributed by atoms with Crippen LogP contribution in [0.5, 0.6) is 0 Å². The summed E-state index contributed by atoms with van der Waals surface area (Å²) in [6.07, 6.45) is -1.00. The van der Waals surface area contributed by atoms with Gasteiger partial charge in [0.2, 0.25) is 0 Å². The average Bonchev–Trinajstić information content (AvgIpc) is 3.00. The molecule has 0 unspecified atom stereocenters. The number of halogens is 3. The molecule has 2 heterocycles. The highest BCUT2D eigenvalue weighted by Crippen LogP contribution is 2.14. The number of nitrogens with zero attached hydrogens (tertiary/aromatic N) is 4. The van der Waals surface area contributed by atoms with Gasteiger partial charge in [-0.05, 0) is 6.07 Å². The largest absolute Gasteiger partial charge is 0.471 e. The highest BCUT2D eigenvalue weighted by Gasteiger charge is 2.38. The molecule has 1 amide bonds. The number of ether oxygens (including phenoxy) is 1. The van der Waals surface area contributed by atoms with Crippen LogP contribution in [0.4, 0.5) is 13.2 Å². The van der Waals surface area contributed by atoms with E-state index in [1.165, 1.54) is 36.4 Å². The van der Waals surface area contributed by atoms with Crippen LogP contribution in [0.15, 0.2) is 24.7 Å². The van der Waals surface area contributed by atoms with E-state index in [9.17, 15) is 22.8 Å². The molecule has 23 heavy (non-hydrogen) atoms. The van der Waals surface area contributed by atoms with E-state index < -0.39 is 24.6 Å². The number of esters is 1. The lowest BCUT2D eigenvalue weighted by molar-refractivity contribution is -0.173. The molecular weight excluding hydrogens is 319 g/mol. The van der Waals surface area contributed by atoms with Crippen molar-refractivity contribution in [2.75, 3.05) is 7.11 Å². The Morgan fingerprint density at radius 2 is 2.09 bits per heavy atom. The fraction of sp³-hybridized carbons (Fsp3) is 0.250. The minimum atomic E-state index is -4.96. The second kappa shape index (κ2) is 6.42. The third-order valence-electron chi connectivity index (χ3n) is 2.64. The lowest BCUT2D eigenvalue weighted by atomic mass is 10.2. The first kappa shape index (κ1) is 16.4. The molecule has 1 N–H and O–H groups in total. The third-order valence-corrected chi connectivity index (χ3v) is 2.64. The number of methoxy groups -OCH3 is 1. The number of nitrogens with one attached hydrogen (secondary N) is 1. The smallest absolute Gasteiger partial charge is 0.465 e. The van der Waals surface area contributed by atoms with Crippen LogP contribution in [0.25, 0.3) is 5.69 Å². The van der Waals surface area contributed by atoms with Gasteiger partial charge in [-0.25, -0.2) is 9.48 Å². The first-order valence-electron chi connectivity index (χ1n) is 6.11. The molecule has 0 saturated heterocycles. The summed E-state index contributed by atoms with van der Waals surface area (Å²) in [7, 11) is 1.21. The topological polar surface area (TPSA) is 99.0 Å². The van der Waals surface area contributed by atoms with Crippen molar-refractivity contribution >= 4 is 11.9 Å². The summed E-state index contributed by atoms with van der Waals surface area (Å²) in [4.78, 5) is 26.0. The van der Waals surface area contributed by atoms with Crippen LogP contribution in [-0.4, -0.2) is 45.1 Å². The number of carbonyl (C=O) groups excluding carboxylic acids is 2. The molecule has 0 aliphatic carbocycles. The molecule has 122 valence electrons. The van der Waals surface area contributed by atoms with Crippen molar-refractivity contribution in [1.29, 1.82) is 0 Å². The van der Waals surface area contributed by atoms with Crippen molar-refractivity contribution in [3.63, 3.8) is 0 Å². The van der Waals surface area contributed by atoms with Crippen molar-refractivity contribution in [3.8, 4) is 5.69 Å². The second-order valence-electron chi connectivity index (χ2n) is 4.26. The SMILES string of the molecule is COC(=O)c1cncc(-n2cc(CNC(=O)C(F)(F)F)nn2)c1. The van der Waals surface area contributed by atoms with E-state index in [1.807, 2.05) is 0 Å². The minimum Gasteiger partial charge on any atom is -0.465 e. The van der Waals surface area contributed by atoms with Crippen LogP contribution in [-0.2, 0) is 16.1 Å². The molecule has 0 bridgehead atoms. The lowest BCUT2D eigenvalue weighted by Gasteiger charge is -2.05. The Kier molecular flexibility index (Phi) is 4.57. The highest BCUT2D eigenvalue weighted by atomic mass is 19.4. The third kappa shape index (κ3) is 4.02. The van der Waals surface area contributed by atoms with Gasteiger partial charge >= 0.3 is 18.1 Å². The van der Waals surface area contributed by atoms with Gasteiger partial charge in [-0.15, -0.1) is 5.10 Å². The molecule has 8 nitrogen and oxygen atoms in total. The van der Waals surface area contributed by atoms with Crippen LogP contribution < -0.4 is 5.32 Å². The van der Waals surface area contributed by atoms with Crippen molar-refractivity contribution in [2.24, 2.45) is 0 Å². The number of pyridine rings is 1. The quantitative estimate of drug-likeness (QED) is 0.826. The van der Waals surface area contributed by atoms with Gasteiger partial charge in [0.15, 0.2) is 0 Å². The molecule has 0 saturated carbocycles. The number of hydrogen-bond acceptors (Lipinski definition) is 6. The normalized spacial score (nSPS) is 11.1. The van der Waals surface area contributed by atoms with Crippen LogP contribution in [0.2, 0.25) is 0 Å². The summed E-state index contributed by atoms with van der Waals surface area (Å²) in [5, 5.41) is 9.00. The Morgan fingerprint density at radius 3 is 2.74 bits per heavy atom. The van der Waals surface area contributed by atoms with Crippen molar-refractivity contribution in [2.45, 2.75) is 12.7 Å². The van der Waals surface area contributed by atoms with Crippen molar-refractivity contribution < 1.29 is 27.5 Å². The Hall–Kier alpha value is -2.98. The van der Waals surface area contributed by atoms with Gasteiger partial charge in [0.1, 0.15) is 5.69 Å². The number of amides is 1. The Bertz CT molecular complexity index is 729. The minimum absolute atomic E-state index is 0.103. The first-order valence-corrected chi connectivity index (χ1v) is 6.11. The highest BCUT2D eigenvalue weighted by molar-refractivity contribution is 5.89. The Morgan fingerprint density at radius 1 is 1.35 bits per heavy atom. The van der Waals surface area contributed by atoms with Gasteiger partial charge in [0.25, 0.3) is 0 Å².